The molecule has 0 atom stereocenters. The summed E-state index contributed by atoms with van der Waals surface area (Å²) in [5.41, 5.74) is 0. The van der Waals surface area contributed by atoms with Crippen molar-refractivity contribution in [2.45, 2.75) is 6.92 Å². The van der Waals surface area contributed by atoms with E-state index in [1.54, 1.807) is 0 Å². The number of thiol groups is 1. The molecule has 0 aliphatic rings. The van der Waals surface area contributed by atoms with Gasteiger partial charge >= 0.3 is 17.0 Å². The van der Waals surface area contributed by atoms with Crippen LogP contribution in [0.15, 0.2) is 0 Å². The molecule has 0 rings (SSSR count). The summed E-state index contributed by atoms with van der Waals surface area (Å²) in [4.78, 5) is 9.65. The van der Waals surface area contributed by atoms with E-state index in [4.69, 9.17) is 0 Å². The summed E-state index contributed by atoms with van der Waals surface area (Å²) in [5, 5.41) is 0. The molecule has 0 spiro atoms. The lowest BCUT2D eigenvalue weighted by Crippen LogP contribution is -1.94. The number of hydrogen-bond donors (Lipinski definition) is 1. The summed E-state index contributed by atoms with van der Waals surface area (Å²) in [6, 6.07) is 0. The van der Waals surface area contributed by atoms with E-state index >= 15 is 0 Å². The molecule has 0 aliphatic carbocycles. The van der Waals surface area contributed by atoms with Gasteiger partial charge in [-0.2, -0.15) is 8.42 Å². The van der Waals surface area contributed by atoms with Gasteiger partial charge in [0.1, 0.15) is 0 Å². The average molecular weight is 124 g/mol. The molecule has 42 valence electrons. The van der Waals surface area contributed by atoms with Crippen molar-refractivity contribution in [2.24, 2.45) is 0 Å². The molecule has 0 radical (unpaired) electrons. The second kappa shape index (κ2) is 2.57. The van der Waals surface area contributed by atoms with Gasteiger partial charge in [0.25, 0.3) is 0 Å². The van der Waals surface area contributed by atoms with Gasteiger partial charge in [-0.3, -0.25) is 4.79 Å². The zero-order chi connectivity index (χ0) is 5.86. The molecule has 0 aromatic carbocycles. The van der Waals surface area contributed by atoms with E-state index in [1.807, 2.05) is 0 Å². The van der Waals surface area contributed by atoms with Crippen molar-refractivity contribution in [3.8, 4) is 0 Å². The van der Waals surface area contributed by atoms with Crippen molar-refractivity contribution < 1.29 is 17.4 Å². The fourth-order valence-corrected chi connectivity index (χ4v) is 0.315. The Morgan fingerprint density at radius 1 is 1.57 bits per heavy atom. The van der Waals surface area contributed by atoms with Crippen molar-refractivity contribution >= 4 is 17.0 Å². The van der Waals surface area contributed by atoms with E-state index in [1.165, 1.54) is 0 Å². The van der Waals surface area contributed by atoms with Crippen molar-refractivity contribution in [1.82, 2.24) is 0 Å². The molecule has 0 N–H and O–H groups in total. The Bertz CT molecular complexity index is 127. The van der Waals surface area contributed by atoms with Crippen LogP contribution in [-0.2, 0) is 20.0 Å². The molecule has 0 unspecified atom stereocenters. The fraction of sp³-hybridized carbons (Fsp3) is 0.500. The van der Waals surface area contributed by atoms with E-state index in [0.717, 1.165) is 6.92 Å². The molecule has 0 aliphatic heterocycles. The maximum absolute atomic E-state index is 9.65. The summed E-state index contributed by atoms with van der Waals surface area (Å²) >= 11 is 0. The van der Waals surface area contributed by atoms with Gasteiger partial charge in [0.05, 0.1) is 0 Å². The van der Waals surface area contributed by atoms with E-state index in [9.17, 15) is 13.2 Å². The molecule has 0 fully saturated rings. The van der Waals surface area contributed by atoms with E-state index in [0.29, 0.717) is 0 Å². The molecule has 0 amide bonds. The second-order valence-corrected chi connectivity index (χ2v) is 1.44. The lowest BCUT2D eigenvalue weighted by atomic mass is 10.9. The van der Waals surface area contributed by atoms with Crippen molar-refractivity contribution in [1.29, 1.82) is 0 Å². The number of rotatable bonds is 1. The lowest BCUT2D eigenvalue weighted by molar-refractivity contribution is -0.131. The normalized spacial score (nSPS) is 8.86. The molecule has 0 bridgehead atoms. The van der Waals surface area contributed by atoms with Crippen LogP contribution in [0.2, 0.25) is 0 Å². The highest BCUT2D eigenvalue weighted by Gasteiger charge is 1.87. The molecule has 0 aromatic heterocycles. The van der Waals surface area contributed by atoms with Gasteiger partial charge in [-0.25, -0.2) is 0 Å². The van der Waals surface area contributed by atoms with Crippen LogP contribution in [-0.4, -0.2) is 14.4 Å². The van der Waals surface area contributed by atoms with Gasteiger partial charge in [-0.05, 0) is 0 Å². The van der Waals surface area contributed by atoms with Crippen LogP contribution in [0.25, 0.3) is 0 Å². The summed E-state index contributed by atoms with van der Waals surface area (Å²) in [5.74, 6) is -0.809. The van der Waals surface area contributed by atoms with Crippen LogP contribution in [0.3, 0.4) is 0 Å². The van der Waals surface area contributed by atoms with Gasteiger partial charge < -0.3 is 4.18 Å². The van der Waals surface area contributed by atoms with Gasteiger partial charge in [0.2, 0.25) is 0 Å². The Labute approximate surface area is 42.2 Å². The van der Waals surface area contributed by atoms with Crippen LogP contribution in [0.5, 0.6) is 0 Å². The first-order valence-corrected chi connectivity index (χ1v) is 2.55. The highest BCUT2D eigenvalue weighted by atomic mass is 32.2. The minimum atomic E-state index is -2.99. The first-order chi connectivity index (χ1) is 3.13. The third kappa shape index (κ3) is 5.42. The number of hydrogen-bond acceptors (Lipinski definition) is 4. The monoisotopic (exact) mass is 124 g/mol. The summed E-state index contributed by atoms with van der Waals surface area (Å²) in [6.45, 7) is 1.02. The second-order valence-electron chi connectivity index (χ2n) is 0.806. The van der Waals surface area contributed by atoms with Crippen LogP contribution in [0, 0.1) is 0 Å². The smallest absolute Gasteiger partial charge is 0.318 e. The van der Waals surface area contributed by atoms with Crippen LogP contribution in [0.4, 0.5) is 0 Å². The van der Waals surface area contributed by atoms with Crippen LogP contribution in [0.1, 0.15) is 6.92 Å². The molecule has 0 heterocycles. The third-order valence-corrected chi connectivity index (χ3v) is 0.609. The predicted molar refractivity (Wildman–Crippen MR) is 22.1 cm³/mol. The van der Waals surface area contributed by atoms with Crippen LogP contribution >= 0.6 is 0 Å². The number of carbonyl (C=O) groups is 1. The summed E-state index contributed by atoms with van der Waals surface area (Å²) in [7, 11) is -2.99. The topological polar surface area (TPSA) is 60.4 Å². The molecule has 0 aromatic rings. The maximum Gasteiger partial charge on any atom is 0.318 e. The van der Waals surface area contributed by atoms with E-state index in [2.05, 4.69) is 4.18 Å². The van der Waals surface area contributed by atoms with Gasteiger partial charge in [0.15, 0.2) is 0 Å². The Kier molecular flexibility index (Phi) is 2.36. The molecule has 0 saturated heterocycles. The molecule has 4 nitrogen and oxygen atoms in total. The standard InChI is InChI=1S/C2H4O4S/c1-2(3)6-7(4)5/h7H,1H3. The molecular weight excluding hydrogens is 120 g/mol. The van der Waals surface area contributed by atoms with Crippen molar-refractivity contribution in [3.63, 3.8) is 0 Å². The summed E-state index contributed by atoms with van der Waals surface area (Å²) in [6.07, 6.45) is 0. The van der Waals surface area contributed by atoms with Crippen molar-refractivity contribution in [2.75, 3.05) is 0 Å². The quantitative estimate of drug-likeness (QED) is 0.459. The molecule has 0 saturated carbocycles. The minimum absolute atomic E-state index is 0.809. The summed E-state index contributed by atoms with van der Waals surface area (Å²) < 4.78 is 22.4. The van der Waals surface area contributed by atoms with E-state index in [-0.39, 0.29) is 0 Å². The van der Waals surface area contributed by atoms with Gasteiger partial charge in [-0.15, -0.1) is 0 Å². The third-order valence-electron chi connectivity index (χ3n) is 0.203. The minimum Gasteiger partial charge on any atom is -0.348 e. The number of carbonyl (C=O) groups excluding carboxylic acids is 1. The van der Waals surface area contributed by atoms with Gasteiger partial charge in [0, 0.05) is 6.92 Å². The van der Waals surface area contributed by atoms with Gasteiger partial charge in [-0.1, -0.05) is 0 Å². The van der Waals surface area contributed by atoms with Crippen molar-refractivity contribution in [3.05, 3.63) is 0 Å². The first-order valence-electron chi connectivity index (χ1n) is 1.46. The zero-order valence-electron chi connectivity index (χ0n) is 3.58. The Morgan fingerprint density at radius 2 is 2.00 bits per heavy atom. The molecule has 5 heteroatoms. The highest BCUT2D eigenvalue weighted by molar-refractivity contribution is 7.67. The fourth-order valence-electron chi connectivity index (χ4n) is 0.105. The Hall–Kier alpha value is -0.580. The lowest BCUT2D eigenvalue weighted by Gasteiger charge is -1.81. The maximum atomic E-state index is 9.65. The highest BCUT2D eigenvalue weighted by Crippen LogP contribution is 1.70. The van der Waals surface area contributed by atoms with Crippen LogP contribution < -0.4 is 0 Å². The first kappa shape index (κ1) is 6.42. The average Bonchev–Trinajstić information content (AvgIpc) is 1.27. The largest absolute Gasteiger partial charge is 0.348 e. The molecular formula is C2H4O4S. The Balaban J connectivity index is 3.53. The van der Waals surface area contributed by atoms with E-state index < -0.39 is 17.0 Å². The Morgan fingerprint density at radius 3 is 2.00 bits per heavy atom. The molecule has 7 heavy (non-hydrogen) atoms. The SMILES string of the molecule is CC(=O)O[SH](=O)=O. The zero-order valence-corrected chi connectivity index (χ0v) is 4.47. The predicted octanol–water partition coefficient (Wildman–Crippen LogP) is -0.924.